The fourth-order valence-corrected chi connectivity index (χ4v) is 3.00. The lowest BCUT2D eigenvalue weighted by Crippen LogP contribution is -2.20. The average Bonchev–Trinajstić information content (AvgIpc) is 3.09. The number of aliphatic imine (C=N–C) groups is 1. The van der Waals surface area contributed by atoms with Gasteiger partial charge in [0, 0.05) is 0 Å². The van der Waals surface area contributed by atoms with Crippen molar-refractivity contribution >= 4 is 23.3 Å². The van der Waals surface area contributed by atoms with Crippen molar-refractivity contribution < 1.29 is 19.1 Å². The van der Waals surface area contributed by atoms with Crippen molar-refractivity contribution in [1.29, 1.82) is 0 Å². The molecular weight excluding hydrogens is 386 g/mol. The van der Waals surface area contributed by atoms with Gasteiger partial charge in [-0.15, -0.1) is 0 Å². The van der Waals surface area contributed by atoms with Crippen LogP contribution in [0.15, 0.2) is 64.4 Å². The lowest BCUT2D eigenvalue weighted by atomic mass is 10.1. The molecule has 1 heterocycles. The normalized spacial score (nSPS) is 11.2. The van der Waals surface area contributed by atoms with Gasteiger partial charge in [0.15, 0.2) is 0 Å². The van der Waals surface area contributed by atoms with Gasteiger partial charge < -0.3 is 9.47 Å². The number of aromatic nitrogens is 2. The van der Waals surface area contributed by atoms with Gasteiger partial charge in [-0.25, -0.2) is 9.48 Å². The molecule has 1 aromatic heterocycles. The molecule has 8 heteroatoms. The van der Waals surface area contributed by atoms with Crippen LogP contribution in [0.2, 0.25) is 0 Å². The van der Waals surface area contributed by atoms with Crippen LogP contribution in [0.5, 0.6) is 0 Å². The van der Waals surface area contributed by atoms with Crippen molar-refractivity contribution in [1.82, 2.24) is 9.78 Å². The van der Waals surface area contributed by atoms with E-state index in [-0.39, 0.29) is 12.0 Å². The van der Waals surface area contributed by atoms with Crippen LogP contribution in [0.25, 0.3) is 5.69 Å². The number of nitrogens with zero attached hydrogens (tertiary/aromatic N) is 2. The van der Waals surface area contributed by atoms with E-state index in [1.807, 2.05) is 18.2 Å². The molecule has 1 N–H and O–H groups in total. The molecule has 0 fully saturated rings. The summed E-state index contributed by atoms with van der Waals surface area (Å²) in [5, 5.41) is 2.99. The first kappa shape index (κ1) is 20.8. The van der Waals surface area contributed by atoms with Gasteiger partial charge in [-0.2, -0.15) is 0 Å². The molecule has 8 nitrogen and oxygen atoms in total. The Morgan fingerprint density at radius 1 is 1.00 bits per heavy atom. The Bertz CT molecular complexity index is 1140. The Labute approximate surface area is 172 Å². The number of methoxy groups -OCH3 is 2. The Morgan fingerprint density at radius 3 is 2.27 bits per heavy atom. The highest BCUT2D eigenvalue weighted by Crippen LogP contribution is 2.17. The zero-order chi connectivity index (χ0) is 21.7. The third-order valence-corrected chi connectivity index (χ3v) is 4.48. The molecule has 0 radical (unpaired) electrons. The number of esters is 2. The molecule has 0 spiro atoms. The Morgan fingerprint density at radius 2 is 1.67 bits per heavy atom. The van der Waals surface area contributed by atoms with E-state index in [9.17, 15) is 14.4 Å². The first-order valence-corrected chi connectivity index (χ1v) is 9.14. The minimum atomic E-state index is -0.479. The zero-order valence-corrected chi connectivity index (χ0v) is 16.8. The highest BCUT2D eigenvalue weighted by atomic mass is 16.5. The van der Waals surface area contributed by atoms with Crippen molar-refractivity contribution in [3.8, 4) is 5.69 Å². The fraction of sp³-hybridized carbons (Fsp3) is 0.182. The number of benzene rings is 2. The van der Waals surface area contributed by atoms with E-state index >= 15 is 0 Å². The average molecular weight is 407 g/mol. The van der Waals surface area contributed by atoms with Gasteiger partial charge in [0.05, 0.1) is 54.5 Å². The number of aromatic amines is 1. The molecule has 0 aliphatic heterocycles. The van der Waals surface area contributed by atoms with Crippen LogP contribution < -0.4 is 5.56 Å². The molecular formula is C22H21N3O5. The molecule has 0 amide bonds. The molecule has 2 aromatic carbocycles. The summed E-state index contributed by atoms with van der Waals surface area (Å²) in [4.78, 5) is 41.0. The summed E-state index contributed by atoms with van der Waals surface area (Å²) >= 11 is 0. The summed E-state index contributed by atoms with van der Waals surface area (Å²) in [6.07, 6.45) is -0.102. The van der Waals surface area contributed by atoms with Gasteiger partial charge >= 0.3 is 11.9 Å². The van der Waals surface area contributed by atoms with Crippen molar-refractivity contribution in [3.05, 3.63) is 81.8 Å². The van der Waals surface area contributed by atoms with Crippen LogP contribution in [-0.2, 0) is 20.7 Å². The summed E-state index contributed by atoms with van der Waals surface area (Å²) in [7, 11) is 2.60. The van der Waals surface area contributed by atoms with Crippen molar-refractivity contribution in [2.24, 2.45) is 4.99 Å². The minimum Gasteiger partial charge on any atom is -0.469 e. The first-order valence-electron chi connectivity index (χ1n) is 9.14. The van der Waals surface area contributed by atoms with Crippen molar-refractivity contribution in [2.75, 3.05) is 14.2 Å². The number of ether oxygens (including phenoxy) is 2. The molecule has 0 bridgehead atoms. The number of hydrogen-bond acceptors (Lipinski definition) is 6. The number of hydrogen-bond donors (Lipinski definition) is 1. The maximum atomic E-state index is 13.1. The Balaban J connectivity index is 2.05. The third-order valence-electron chi connectivity index (χ3n) is 4.48. The maximum absolute atomic E-state index is 13.1. The summed E-state index contributed by atoms with van der Waals surface area (Å²) in [6.45, 7) is 1.69. The maximum Gasteiger partial charge on any atom is 0.337 e. The van der Waals surface area contributed by atoms with Crippen LogP contribution in [0, 0.1) is 0 Å². The molecule has 0 unspecified atom stereocenters. The highest BCUT2D eigenvalue weighted by molar-refractivity contribution is 6.01. The molecule has 0 saturated carbocycles. The lowest BCUT2D eigenvalue weighted by Gasteiger charge is -2.03. The Kier molecular flexibility index (Phi) is 6.26. The van der Waals surface area contributed by atoms with Crippen molar-refractivity contribution in [2.45, 2.75) is 13.3 Å². The summed E-state index contributed by atoms with van der Waals surface area (Å²) in [5.41, 5.74) is 2.38. The summed E-state index contributed by atoms with van der Waals surface area (Å²) < 4.78 is 10.8. The molecule has 0 saturated heterocycles. The lowest BCUT2D eigenvalue weighted by molar-refractivity contribution is -0.139. The molecule has 0 aliphatic rings. The van der Waals surface area contributed by atoms with E-state index in [1.165, 1.54) is 18.9 Å². The predicted molar refractivity (Wildman–Crippen MR) is 112 cm³/mol. The second kappa shape index (κ2) is 9.04. The van der Waals surface area contributed by atoms with Crippen LogP contribution >= 0.6 is 0 Å². The SMILES string of the molecule is COC(=O)Cc1[nH]n(-c2ccccc2)c(=O)c1C(C)=Nc1ccc(C(=O)OC)cc1. The van der Waals surface area contributed by atoms with Gasteiger partial charge in [-0.3, -0.25) is 19.7 Å². The van der Waals surface area contributed by atoms with E-state index in [0.717, 1.165) is 0 Å². The second-order valence-electron chi connectivity index (χ2n) is 6.43. The van der Waals surface area contributed by atoms with E-state index < -0.39 is 11.9 Å². The zero-order valence-electron chi connectivity index (χ0n) is 16.8. The number of H-pyrrole nitrogens is 1. The first-order chi connectivity index (χ1) is 14.4. The van der Waals surface area contributed by atoms with E-state index in [2.05, 4.69) is 14.8 Å². The van der Waals surface area contributed by atoms with Crippen LogP contribution in [0.4, 0.5) is 5.69 Å². The largest absolute Gasteiger partial charge is 0.469 e. The monoisotopic (exact) mass is 407 g/mol. The third kappa shape index (κ3) is 4.38. The van der Waals surface area contributed by atoms with Crippen LogP contribution in [0.3, 0.4) is 0 Å². The number of carbonyl (C=O) groups is 2. The quantitative estimate of drug-likeness (QED) is 0.500. The predicted octanol–water partition coefficient (Wildman–Crippen LogP) is 2.81. The second-order valence-corrected chi connectivity index (χ2v) is 6.43. The highest BCUT2D eigenvalue weighted by Gasteiger charge is 2.20. The molecule has 154 valence electrons. The summed E-state index contributed by atoms with van der Waals surface area (Å²) in [6, 6.07) is 15.5. The van der Waals surface area contributed by atoms with Crippen LogP contribution in [0.1, 0.15) is 28.5 Å². The molecule has 3 aromatic rings. The topological polar surface area (TPSA) is 103 Å². The van der Waals surface area contributed by atoms with E-state index in [0.29, 0.717) is 33.9 Å². The van der Waals surface area contributed by atoms with Crippen molar-refractivity contribution in [3.63, 3.8) is 0 Å². The van der Waals surface area contributed by atoms with Gasteiger partial charge in [0.25, 0.3) is 5.56 Å². The van der Waals surface area contributed by atoms with Gasteiger partial charge in [-0.1, -0.05) is 18.2 Å². The minimum absolute atomic E-state index is 0.102. The number of nitrogens with one attached hydrogen (secondary N) is 1. The standard InChI is InChI=1S/C22H21N3O5/c1-14(23-16-11-9-15(10-12-16)22(28)30-3)20-18(13-19(26)29-2)24-25(21(20)27)17-7-5-4-6-8-17/h4-12,24H,13H2,1-3H3. The molecule has 30 heavy (non-hydrogen) atoms. The van der Waals surface area contributed by atoms with Gasteiger partial charge in [0.2, 0.25) is 0 Å². The number of para-hydroxylation sites is 1. The molecule has 0 atom stereocenters. The number of rotatable bonds is 6. The molecule has 3 rings (SSSR count). The van der Waals surface area contributed by atoms with Gasteiger partial charge in [-0.05, 0) is 43.3 Å². The van der Waals surface area contributed by atoms with Gasteiger partial charge in [0.1, 0.15) is 0 Å². The van der Waals surface area contributed by atoms with Crippen LogP contribution in [-0.4, -0.2) is 41.7 Å². The summed E-state index contributed by atoms with van der Waals surface area (Å²) in [5.74, 6) is -0.924. The number of carbonyl (C=O) groups excluding carboxylic acids is 2. The fourth-order valence-electron chi connectivity index (χ4n) is 3.00. The molecule has 0 aliphatic carbocycles. The van der Waals surface area contributed by atoms with E-state index in [4.69, 9.17) is 4.74 Å². The van der Waals surface area contributed by atoms with E-state index in [1.54, 1.807) is 43.3 Å². The Hall–Kier alpha value is -3.94. The smallest absolute Gasteiger partial charge is 0.337 e.